The summed E-state index contributed by atoms with van der Waals surface area (Å²) in [5, 5.41) is 12.5. The second kappa shape index (κ2) is 3.52. The van der Waals surface area contributed by atoms with Gasteiger partial charge in [-0.05, 0) is 32.6 Å². The van der Waals surface area contributed by atoms with Crippen LogP contribution in [0.2, 0.25) is 0 Å². The summed E-state index contributed by atoms with van der Waals surface area (Å²) in [7, 11) is 0. The second-order valence-electron chi connectivity index (χ2n) is 4.92. The van der Waals surface area contributed by atoms with Crippen LogP contribution >= 0.6 is 0 Å². The van der Waals surface area contributed by atoms with Crippen molar-refractivity contribution in [3.8, 4) is 6.07 Å². The predicted molar refractivity (Wildman–Crippen MR) is 53.7 cm³/mol. The van der Waals surface area contributed by atoms with E-state index in [0.717, 1.165) is 45.4 Å². The zero-order chi connectivity index (χ0) is 10.1. The average Bonchev–Trinajstić information content (AvgIpc) is 2.97. The van der Waals surface area contributed by atoms with Gasteiger partial charge in [-0.2, -0.15) is 5.26 Å². The van der Waals surface area contributed by atoms with E-state index in [1.165, 1.54) is 0 Å². The molecule has 1 N–H and O–H groups in total. The Labute approximate surface area is 85.4 Å². The van der Waals surface area contributed by atoms with Crippen LogP contribution in [0.5, 0.6) is 0 Å². The number of hydrogen-bond acceptors (Lipinski definition) is 3. The second-order valence-corrected chi connectivity index (χ2v) is 4.92. The van der Waals surface area contributed by atoms with E-state index in [4.69, 9.17) is 10.00 Å². The minimum absolute atomic E-state index is 0.0265. The van der Waals surface area contributed by atoms with Crippen LogP contribution in [0.15, 0.2) is 0 Å². The average molecular weight is 194 g/mol. The Bertz CT molecular complexity index is 247. The Morgan fingerprint density at radius 3 is 2.43 bits per heavy atom. The Balaban J connectivity index is 1.82. The van der Waals surface area contributed by atoms with Crippen LogP contribution in [0, 0.1) is 16.7 Å². The molecule has 3 heteroatoms. The first-order valence-corrected chi connectivity index (χ1v) is 5.42. The lowest BCUT2D eigenvalue weighted by molar-refractivity contribution is 0.0441. The molecular weight excluding hydrogens is 176 g/mol. The van der Waals surface area contributed by atoms with E-state index in [-0.39, 0.29) is 11.0 Å². The molecule has 0 spiro atoms. The fraction of sp³-hybridized carbons (Fsp3) is 0.909. The van der Waals surface area contributed by atoms with Gasteiger partial charge in [0.1, 0.15) is 0 Å². The number of nitriles is 1. The molecule has 2 aliphatic rings. The van der Waals surface area contributed by atoms with Crippen molar-refractivity contribution in [1.82, 2.24) is 5.32 Å². The molecule has 2 rings (SSSR count). The molecule has 1 aliphatic carbocycles. The van der Waals surface area contributed by atoms with Crippen LogP contribution in [-0.2, 0) is 4.74 Å². The summed E-state index contributed by atoms with van der Waals surface area (Å²) in [5.41, 5.74) is 0.173. The quantitative estimate of drug-likeness (QED) is 0.739. The van der Waals surface area contributed by atoms with Gasteiger partial charge in [-0.3, -0.25) is 0 Å². The Kier molecular flexibility index (Phi) is 2.50. The maximum atomic E-state index is 8.96. The first-order chi connectivity index (χ1) is 6.68. The molecule has 0 aromatic heterocycles. The van der Waals surface area contributed by atoms with Crippen molar-refractivity contribution in [2.45, 2.75) is 38.1 Å². The zero-order valence-corrected chi connectivity index (χ0v) is 8.81. The Morgan fingerprint density at radius 2 is 1.93 bits per heavy atom. The molecule has 3 nitrogen and oxygen atoms in total. The molecule has 78 valence electrons. The van der Waals surface area contributed by atoms with Crippen molar-refractivity contribution in [3.63, 3.8) is 0 Å². The van der Waals surface area contributed by atoms with Gasteiger partial charge in [0.15, 0.2) is 0 Å². The molecule has 0 unspecified atom stereocenters. The molecule has 0 amide bonds. The standard InChI is InChI=1S/C11H18N2O/c1-10(4-6-14-7-5-10)13-9-11(8-12)2-3-11/h13H,2-7,9H2,1H3. The molecule has 0 bridgehead atoms. The smallest absolute Gasteiger partial charge is 0.0703 e. The molecule has 0 atom stereocenters. The highest BCUT2D eigenvalue weighted by atomic mass is 16.5. The SMILES string of the molecule is CC1(NCC2(C#N)CC2)CCOCC1. The molecule has 2 fully saturated rings. The van der Waals surface area contributed by atoms with Gasteiger partial charge in [-0.15, -0.1) is 0 Å². The number of hydrogen-bond donors (Lipinski definition) is 1. The van der Waals surface area contributed by atoms with Crippen molar-refractivity contribution in [2.75, 3.05) is 19.8 Å². The fourth-order valence-corrected chi connectivity index (χ4v) is 1.86. The minimum atomic E-state index is -0.0265. The van der Waals surface area contributed by atoms with E-state index in [9.17, 15) is 0 Å². The molecule has 1 saturated heterocycles. The van der Waals surface area contributed by atoms with Crippen LogP contribution in [0.25, 0.3) is 0 Å². The van der Waals surface area contributed by atoms with Crippen molar-refractivity contribution in [2.24, 2.45) is 5.41 Å². The number of nitrogens with zero attached hydrogens (tertiary/aromatic N) is 1. The molecule has 0 aromatic carbocycles. The van der Waals surface area contributed by atoms with Gasteiger partial charge in [-0.25, -0.2) is 0 Å². The maximum Gasteiger partial charge on any atom is 0.0703 e. The van der Waals surface area contributed by atoms with Gasteiger partial charge in [-0.1, -0.05) is 0 Å². The van der Waals surface area contributed by atoms with Gasteiger partial charge in [0, 0.05) is 25.3 Å². The predicted octanol–water partition coefficient (Wildman–Crippen LogP) is 1.45. The summed E-state index contributed by atoms with van der Waals surface area (Å²) in [4.78, 5) is 0. The third-order valence-electron chi connectivity index (χ3n) is 3.54. The lowest BCUT2D eigenvalue weighted by atomic mass is 9.91. The van der Waals surface area contributed by atoms with Crippen molar-refractivity contribution in [1.29, 1.82) is 5.26 Å². The van der Waals surface area contributed by atoms with Gasteiger partial charge >= 0.3 is 0 Å². The van der Waals surface area contributed by atoms with Gasteiger partial charge in [0.05, 0.1) is 11.5 Å². The Morgan fingerprint density at radius 1 is 1.29 bits per heavy atom. The van der Waals surface area contributed by atoms with E-state index in [2.05, 4.69) is 18.3 Å². The van der Waals surface area contributed by atoms with Crippen LogP contribution in [0.4, 0.5) is 0 Å². The van der Waals surface area contributed by atoms with Crippen LogP contribution < -0.4 is 5.32 Å². The Hall–Kier alpha value is -0.590. The molecule has 1 saturated carbocycles. The highest BCUT2D eigenvalue weighted by molar-refractivity contribution is 5.11. The van der Waals surface area contributed by atoms with Crippen LogP contribution in [0.3, 0.4) is 0 Å². The summed E-state index contributed by atoms with van der Waals surface area (Å²) in [6, 6.07) is 2.42. The normalized spacial score (nSPS) is 28.0. The summed E-state index contributed by atoms with van der Waals surface area (Å²) in [6.07, 6.45) is 4.27. The number of nitrogens with one attached hydrogen (secondary N) is 1. The van der Waals surface area contributed by atoms with Crippen LogP contribution in [-0.4, -0.2) is 25.3 Å². The van der Waals surface area contributed by atoms with Gasteiger partial charge in [0.2, 0.25) is 0 Å². The van der Waals surface area contributed by atoms with Crippen molar-refractivity contribution in [3.05, 3.63) is 0 Å². The number of rotatable bonds is 3. The lowest BCUT2D eigenvalue weighted by Crippen LogP contribution is -2.48. The minimum Gasteiger partial charge on any atom is -0.381 e. The summed E-state index contributed by atoms with van der Waals surface area (Å²) in [6.45, 7) is 4.80. The molecule has 14 heavy (non-hydrogen) atoms. The molecule has 0 aromatic rings. The molecule has 1 aliphatic heterocycles. The molecule has 1 heterocycles. The third-order valence-corrected chi connectivity index (χ3v) is 3.54. The highest BCUT2D eigenvalue weighted by Crippen LogP contribution is 2.44. The van der Waals surface area contributed by atoms with E-state index in [1.54, 1.807) is 0 Å². The van der Waals surface area contributed by atoms with E-state index >= 15 is 0 Å². The van der Waals surface area contributed by atoms with E-state index in [1.807, 2.05) is 0 Å². The zero-order valence-electron chi connectivity index (χ0n) is 8.81. The summed E-state index contributed by atoms with van der Waals surface area (Å²) in [5.74, 6) is 0. The fourth-order valence-electron chi connectivity index (χ4n) is 1.86. The summed E-state index contributed by atoms with van der Waals surface area (Å²) < 4.78 is 5.33. The van der Waals surface area contributed by atoms with E-state index in [0.29, 0.717) is 0 Å². The van der Waals surface area contributed by atoms with Gasteiger partial charge < -0.3 is 10.1 Å². The molecule has 0 radical (unpaired) electrons. The highest BCUT2D eigenvalue weighted by Gasteiger charge is 2.44. The van der Waals surface area contributed by atoms with E-state index < -0.39 is 0 Å². The van der Waals surface area contributed by atoms with Crippen molar-refractivity contribution >= 4 is 0 Å². The number of ether oxygens (including phenoxy) is 1. The van der Waals surface area contributed by atoms with Crippen molar-refractivity contribution < 1.29 is 4.74 Å². The van der Waals surface area contributed by atoms with Crippen LogP contribution in [0.1, 0.15) is 32.6 Å². The molecular formula is C11H18N2O. The first-order valence-electron chi connectivity index (χ1n) is 5.42. The monoisotopic (exact) mass is 194 g/mol. The lowest BCUT2D eigenvalue weighted by Gasteiger charge is -2.35. The summed E-state index contributed by atoms with van der Waals surface area (Å²) >= 11 is 0. The van der Waals surface area contributed by atoms with Gasteiger partial charge in [0.25, 0.3) is 0 Å². The third kappa shape index (κ3) is 2.08. The maximum absolute atomic E-state index is 8.96. The topological polar surface area (TPSA) is 45.0 Å². The first kappa shape index (κ1) is 9.95. The largest absolute Gasteiger partial charge is 0.381 e.